The number of hydrogen-bond acceptors (Lipinski definition) is 0. The van der Waals surface area contributed by atoms with E-state index in [4.69, 9.17) is 0 Å². The summed E-state index contributed by atoms with van der Waals surface area (Å²) >= 11 is 10.8. The third kappa shape index (κ3) is 12.6. The maximum absolute atomic E-state index is 10.8. The Labute approximate surface area is 462 Å². The van der Waals surface area contributed by atoms with Gasteiger partial charge in [-0.25, -0.2) is 0 Å². The molecule has 0 aromatic heterocycles. The lowest BCUT2D eigenvalue weighted by molar-refractivity contribution is 1.51. The van der Waals surface area contributed by atoms with E-state index in [2.05, 4.69) is 256 Å². The number of rotatable bonds is 15. The minimum absolute atomic E-state index is 1.70. The van der Waals surface area contributed by atoms with Gasteiger partial charge in [0.25, 0.3) is 0 Å². The fourth-order valence-electron chi connectivity index (χ4n) is 14.2. The second kappa shape index (κ2) is 19.5. The van der Waals surface area contributed by atoms with Gasteiger partial charge in [-0.2, -0.15) is 0 Å². The van der Waals surface area contributed by atoms with Gasteiger partial charge in [0.2, 0.25) is 7.38 Å². The van der Waals surface area contributed by atoms with Crippen molar-refractivity contribution in [2.24, 2.45) is 0 Å². The number of hydrogen-bond donors (Lipinski definition) is 0. The third-order valence-electron chi connectivity index (χ3n) is 15.3. The maximum atomic E-state index is 10.8. The van der Waals surface area contributed by atoms with Crippen LogP contribution in [-0.2, 0) is 0 Å². The van der Waals surface area contributed by atoms with Gasteiger partial charge in [-0.1, -0.05) is 315 Å². The van der Waals surface area contributed by atoms with Gasteiger partial charge in [0.05, 0.1) is 96.9 Å². The molecule has 0 saturated heterocycles. The average Bonchev–Trinajstić information content (AvgIpc) is 3.03. The Kier molecular flexibility index (Phi) is 18.2. The maximum Gasteiger partial charge on any atom is 0.247 e. The van der Waals surface area contributed by atoms with Crippen molar-refractivity contribution >= 4 is 193 Å². The van der Waals surface area contributed by atoms with Crippen LogP contribution >= 0.6 is 11.1 Å². The molecule has 3 aromatic carbocycles. The zero-order valence-corrected chi connectivity index (χ0v) is 68.6. The molecule has 3 rings (SSSR count). The van der Waals surface area contributed by atoms with Gasteiger partial charge in [-0.05, 0) is 36.3 Å². The highest BCUT2D eigenvalue weighted by molar-refractivity contribution is 7.47. The van der Waals surface area contributed by atoms with Crippen LogP contribution in [0.4, 0.5) is 0 Å². The molecule has 14 heteroatoms. The van der Waals surface area contributed by atoms with Crippen molar-refractivity contribution < 1.29 is 0 Å². The van der Waals surface area contributed by atoms with Crippen molar-refractivity contribution in [2.75, 3.05) is 0 Å². The Hall–Kier alpha value is 0.769. The first-order valence-corrected chi connectivity index (χ1v) is 73.0. The molecule has 404 valence electrons. The van der Waals surface area contributed by atoms with Gasteiger partial charge < -0.3 is 0 Å². The van der Waals surface area contributed by atoms with Crippen molar-refractivity contribution in [1.82, 2.24) is 0 Å². The van der Waals surface area contributed by atoms with Crippen LogP contribution in [0.3, 0.4) is 0 Å². The first-order valence-electron chi connectivity index (χ1n) is 27.9. The predicted octanol–water partition coefficient (Wildman–Crippen LogP) is 10.4. The molecule has 71 heavy (non-hydrogen) atoms. The molecule has 0 atom stereocenters. The molecule has 0 spiro atoms. The monoisotopic (exact) mass is 1200 g/mol. The molecule has 0 saturated carbocycles. The molecule has 3 aromatic rings. The summed E-state index contributed by atoms with van der Waals surface area (Å²) in [7, 11) is -29.1. The van der Waals surface area contributed by atoms with Gasteiger partial charge in [0, 0.05) is 0 Å². The highest BCUT2D eigenvalue weighted by atomic mass is 35.6. The summed E-state index contributed by atoms with van der Waals surface area (Å²) in [6, 6.07) is 0. The molecule has 0 heterocycles. The summed E-state index contributed by atoms with van der Waals surface area (Å²) in [4.78, 5) is 0. The van der Waals surface area contributed by atoms with Crippen molar-refractivity contribution in [2.45, 2.75) is 256 Å². The van der Waals surface area contributed by atoms with E-state index in [1.807, 2.05) is 77.8 Å². The lowest BCUT2D eigenvalue weighted by atomic mass is 10.2. The molecule has 0 nitrogen and oxygen atoms in total. The van der Waals surface area contributed by atoms with Crippen LogP contribution in [0.1, 0.15) is 16.7 Å². The molecular formula is C57H117ClSi13. The van der Waals surface area contributed by atoms with Crippen LogP contribution in [0.25, 0.3) is 0 Å². The van der Waals surface area contributed by atoms with Crippen molar-refractivity contribution in [3.05, 3.63) is 16.7 Å². The summed E-state index contributed by atoms with van der Waals surface area (Å²) in [6.07, 6.45) is 0. The molecule has 0 unspecified atom stereocenters. The fourth-order valence-corrected chi connectivity index (χ4v) is 69.6. The lowest BCUT2D eigenvalue weighted by Crippen LogP contribution is -2.93. The average molecular weight is 1200 g/mol. The van der Waals surface area contributed by atoms with Gasteiger partial charge >= 0.3 is 0 Å². The van der Waals surface area contributed by atoms with Crippen LogP contribution in [-0.4, -0.2) is 104 Å². The number of halogens is 1. The van der Waals surface area contributed by atoms with Crippen molar-refractivity contribution in [3.8, 4) is 0 Å². The fraction of sp³-hybridized carbons (Fsp3) is 0.684. The van der Waals surface area contributed by atoms with E-state index in [9.17, 15) is 11.1 Å². The number of benzene rings is 3. The van der Waals surface area contributed by atoms with Crippen LogP contribution < -0.4 is 77.8 Å². The van der Waals surface area contributed by atoms with E-state index in [0.717, 1.165) is 0 Å². The minimum Gasteiger partial charge on any atom is -0.149 e. The van der Waals surface area contributed by atoms with E-state index in [0.29, 0.717) is 0 Å². The second-order valence-corrected chi connectivity index (χ2v) is 99.7. The van der Waals surface area contributed by atoms with Crippen molar-refractivity contribution in [1.29, 1.82) is 0 Å². The standard InChI is InChI=1S/C57H117ClSi13/c1-40-43(59(4,5)6)49(65(22,23)24)55(50(66(25,26)27)44(40)60(7,8)9)71(58,56-51(67(28,29)30)45(61(10,11)12)41(2)46(62(13,14)15)52(56)68(31,32)33)57-53(69(34,35)36)47(63(16,17)18)42(3)48(64(19,20)21)54(57)70(37,38)39/h1-39H3. The molecule has 0 fully saturated rings. The van der Waals surface area contributed by atoms with E-state index >= 15 is 0 Å². The van der Waals surface area contributed by atoms with Crippen LogP contribution in [0.2, 0.25) is 236 Å². The van der Waals surface area contributed by atoms with Gasteiger partial charge in [-0.15, -0.1) is 11.1 Å². The van der Waals surface area contributed by atoms with E-state index < -0.39 is 104 Å². The van der Waals surface area contributed by atoms with Crippen LogP contribution in [0.5, 0.6) is 0 Å². The van der Waals surface area contributed by atoms with E-state index in [1.165, 1.54) is 0 Å². The summed E-state index contributed by atoms with van der Waals surface area (Å²) in [5.74, 6) is 0. The lowest BCUT2D eigenvalue weighted by Gasteiger charge is -2.52. The smallest absolute Gasteiger partial charge is 0.149 e. The molecule has 0 aliphatic rings. The van der Waals surface area contributed by atoms with E-state index in [-0.39, 0.29) is 0 Å². The Morgan fingerprint density at radius 3 is 0.310 bits per heavy atom. The zero-order chi connectivity index (χ0) is 56.9. The van der Waals surface area contributed by atoms with Crippen LogP contribution in [0.15, 0.2) is 0 Å². The third-order valence-corrected chi connectivity index (χ3v) is 48.3. The Morgan fingerprint density at radius 2 is 0.239 bits per heavy atom. The first kappa shape index (κ1) is 66.1. The summed E-state index contributed by atoms with van der Waals surface area (Å²) in [5.41, 5.74) is 5.10. The van der Waals surface area contributed by atoms with Crippen molar-refractivity contribution in [3.63, 3.8) is 0 Å². The first-order chi connectivity index (χ1) is 30.6. The quantitative estimate of drug-likeness (QED) is 0.0809. The molecule has 0 aliphatic carbocycles. The summed E-state index contributed by atoms with van der Waals surface area (Å²) in [6.45, 7) is 107. The highest BCUT2D eigenvalue weighted by Gasteiger charge is 2.58. The van der Waals surface area contributed by atoms with Gasteiger partial charge in [0.1, 0.15) is 0 Å². The normalized spacial score (nSPS) is 15.0. The molecular weight excluding hydrogens is 1090 g/mol. The predicted molar refractivity (Wildman–Crippen MR) is 380 cm³/mol. The Balaban J connectivity index is 3.86. The SMILES string of the molecule is Cc1c([Si](C)(C)C)c([Si](C)(C)C)c([Si](Cl)(c2c([Si](C)(C)C)c([Si](C)(C)C)c(C)c([Si](C)(C)C)c2[Si](C)(C)C)c2c([Si](C)(C)C)c([Si](C)(C)C)c(C)c([Si](C)(C)C)c2[Si](C)(C)C)c([Si](C)(C)C)c1[Si](C)(C)C. The molecule has 0 amide bonds. The highest BCUT2D eigenvalue weighted by Crippen LogP contribution is 2.26. The molecule has 0 N–H and O–H groups in total. The zero-order valence-electron chi connectivity index (χ0n) is 54.9. The Morgan fingerprint density at radius 1 is 0.155 bits per heavy atom. The Bertz CT molecular complexity index is 2110. The van der Waals surface area contributed by atoms with E-state index in [1.54, 1.807) is 16.7 Å². The summed E-state index contributed by atoms with van der Waals surface area (Å²) < 4.78 is 0. The molecule has 0 bridgehead atoms. The largest absolute Gasteiger partial charge is 0.247 e. The molecule has 0 aliphatic heterocycles. The van der Waals surface area contributed by atoms with Gasteiger partial charge in [0.15, 0.2) is 0 Å². The summed E-state index contributed by atoms with van der Waals surface area (Å²) in [5, 5.41) is 27.4. The topological polar surface area (TPSA) is 0 Å². The minimum atomic E-state index is -3.72. The van der Waals surface area contributed by atoms with Gasteiger partial charge in [-0.3, -0.25) is 0 Å². The van der Waals surface area contributed by atoms with Crippen LogP contribution in [0, 0.1) is 20.8 Å². The molecule has 0 radical (unpaired) electrons. The second-order valence-electron chi connectivity index (χ2n) is 35.2.